The summed E-state index contributed by atoms with van der Waals surface area (Å²) in [7, 11) is 0. The summed E-state index contributed by atoms with van der Waals surface area (Å²) in [5, 5.41) is 10.2. The van der Waals surface area contributed by atoms with Gasteiger partial charge in [-0.1, -0.05) is 41.5 Å². The Morgan fingerprint density at radius 1 is 1.30 bits per heavy atom. The molecule has 0 spiro atoms. The zero-order valence-electron chi connectivity index (χ0n) is 14.3. The van der Waals surface area contributed by atoms with Crippen LogP contribution in [-0.4, -0.2) is 11.6 Å². The predicted octanol–water partition coefficient (Wildman–Crippen LogP) is 5.93. The van der Waals surface area contributed by atoms with Crippen LogP contribution in [0, 0.1) is 11.3 Å². The third-order valence-corrected chi connectivity index (χ3v) is 4.81. The summed E-state index contributed by atoms with van der Waals surface area (Å²) in [6, 6.07) is 10.7. The highest BCUT2D eigenvalue weighted by molar-refractivity contribution is 9.10. The molecule has 4 nitrogen and oxygen atoms in total. The van der Waals surface area contributed by atoms with Crippen molar-refractivity contribution in [2.75, 3.05) is 6.61 Å². The van der Waals surface area contributed by atoms with Crippen molar-refractivity contribution in [1.82, 2.24) is 0 Å². The molecule has 0 fully saturated rings. The van der Waals surface area contributed by atoms with Crippen LogP contribution in [0.25, 0.3) is 6.08 Å². The van der Waals surface area contributed by atoms with Gasteiger partial charge in [-0.05, 0) is 58.8 Å². The molecule has 0 aliphatic heterocycles. The molecule has 0 aliphatic carbocycles. The molecule has 2 N–H and O–H groups in total. The number of halogens is 3. The molecule has 0 radical (unpaired) electrons. The van der Waals surface area contributed by atoms with Crippen LogP contribution in [0.15, 0.2) is 40.4 Å². The second kappa shape index (κ2) is 9.95. The van der Waals surface area contributed by atoms with Gasteiger partial charge in [0.05, 0.1) is 16.7 Å². The highest BCUT2D eigenvalue weighted by Gasteiger charge is 2.14. The van der Waals surface area contributed by atoms with E-state index in [1.165, 1.54) is 0 Å². The molecule has 2 rings (SSSR count). The summed E-state index contributed by atoms with van der Waals surface area (Å²) in [4.78, 5) is 0.0317. The minimum atomic E-state index is 0.0317. The lowest BCUT2D eigenvalue weighted by atomic mass is 10.1. The Hall–Kier alpha value is -1.78. The first-order chi connectivity index (χ1) is 12.8. The fourth-order valence-corrected chi connectivity index (χ4v) is 3.33. The van der Waals surface area contributed by atoms with Gasteiger partial charge in [0.1, 0.15) is 17.7 Å². The van der Waals surface area contributed by atoms with Crippen LogP contribution in [-0.2, 0) is 6.61 Å². The Labute approximate surface area is 181 Å². The van der Waals surface area contributed by atoms with Crippen LogP contribution in [0.3, 0.4) is 0 Å². The summed E-state index contributed by atoms with van der Waals surface area (Å²) in [5.74, 6) is 1.04. The second-order valence-corrected chi connectivity index (χ2v) is 7.46. The average molecular weight is 486 g/mol. The Balaban J connectivity index is 2.36. The summed E-state index contributed by atoms with van der Waals surface area (Å²) in [5.41, 5.74) is 7.25. The molecular formula is C19H15BrCl2N2O2S. The molecule has 0 heterocycles. The Kier molecular flexibility index (Phi) is 7.93. The second-order valence-electron chi connectivity index (χ2n) is 5.32. The molecule has 140 valence electrons. The van der Waals surface area contributed by atoms with Gasteiger partial charge in [0.25, 0.3) is 0 Å². The first-order valence-electron chi connectivity index (χ1n) is 7.80. The van der Waals surface area contributed by atoms with Gasteiger partial charge in [-0.25, -0.2) is 0 Å². The fourth-order valence-electron chi connectivity index (χ4n) is 2.19. The minimum absolute atomic E-state index is 0.0317. The van der Waals surface area contributed by atoms with Crippen molar-refractivity contribution in [3.8, 4) is 17.6 Å². The fraction of sp³-hybridized carbons (Fsp3) is 0.158. The van der Waals surface area contributed by atoms with E-state index in [1.807, 2.05) is 13.0 Å². The number of benzene rings is 2. The van der Waals surface area contributed by atoms with Crippen LogP contribution >= 0.6 is 51.3 Å². The van der Waals surface area contributed by atoms with Crippen LogP contribution < -0.4 is 15.2 Å². The number of hydrogen-bond acceptors (Lipinski definition) is 4. The Morgan fingerprint density at radius 3 is 2.63 bits per heavy atom. The summed E-state index contributed by atoms with van der Waals surface area (Å²) < 4.78 is 12.3. The van der Waals surface area contributed by atoms with Crippen molar-refractivity contribution in [3.05, 3.63) is 61.5 Å². The lowest BCUT2D eigenvalue weighted by Gasteiger charge is -2.15. The van der Waals surface area contributed by atoms with Crippen molar-refractivity contribution >= 4 is 62.4 Å². The van der Waals surface area contributed by atoms with E-state index >= 15 is 0 Å². The molecule has 0 atom stereocenters. The summed E-state index contributed by atoms with van der Waals surface area (Å²) in [6.45, 7) is 2.55. The van der Waals surface area contributed by atoms with Gasteiger partial charge in [0.15, 0.2) is 11.5 Å². The summed E-state index contributed by atoms with van der Waals surface area (Å²) >= 11 is 20.5. The molecule has 0 amide bonds. The molecule has 2 aromatic carbocycles. The van der Waals surface area contributed by atoms with Gasteiger partial charge in [0.2, 0.25) is 0 Å². The lowest BCUT2D eigenvalue weighted by molar-refractivity contribution is 0.267. The van der Waals surface area contributed by atoms with E-state index in [9.17, 15) is 0 Å². The van der Waals surface area contributed by atoms with Gasteiger partial charge in [-0.15, -0.1) is 0 Å². The zero-order chi connectivity index (χ0) is 20.0. The number of ether oxygens (including phenoxy) is 2. The van der Waals surface area contributed by atoms with E-state index in [0.717, 1.165) is 5.56 Å². The van der Waals surface area contributed by atoms with E-state index < -0.39 is 0 Å². The van der Waals surface area contributed by atoms with Gasteiger partial charge < -0.3 is 15.2 Å². The molecule has 0 saturated carbocycles. The van der Waals surface area contributed by atoms with E-state index in [0.29, 0.717) is 38.2 Å². The monoisotopic (exact) mass is 484 g/mol. The largest absolute Gasteiger partial charge is 0.490 e. The first kappa shape index (κ1) is 21.5. The van der Waals surface area contributed by atoms with Crippen molar-refractivity contribution in [1.29, 1.82) is 5.26 Å². The van der Waals surface area contributed by atoms with Gasteiger partial charge in [-0.2, -0.15) is 5.26 Å². The molecule has 8 heteroatoms. The third kappa shape index (κ3) is 5.85. The highest BCUT2D eigenvalue weighted by atomic mass is 79.9. The molecule has 0 unspecified atom stereocenters. The minimum Gasteiger partial charge on any atom is -0.490 e. The Morgan fingerprint density at radius 2 is 2.04 bits per heavy atom. The van der Waals surface area contributed by atoms with Crippen LogP contribution in [0.2, 0.25) is 10.0 Å². The predicted molar refractivity (Wildman–Crippen MR) is 116 cm³/mol. The molecular weight excluding hydrogens is 471 g/mol. The quantitative estimate of drug-likeness (QED) is 0.299. The molecule has 0 aliphatic rings. The van der Waals surface area contributed by atoms with Crippen molar-refractivity contribution in [3.63, 3.8) is 0 Å². The van der Waals surface area contributed by atoms with Crippen LogP contribution in [0.4, 0.5) is 0 Å². The maximum Gasteiger partial charge on any atom is 0.175 e. The topological polar surface area (TPSA) is 68.3 Å². The Bertz CT molecular complexity index is 942. The van der Waals surface area contributed by atoms with E-state index in [4.69, 9.17) is 55.9 Å². The molecule has 0 bridgehead atoms. The number of hydrogen-bond donors (Lipinski definition) is 1. The molecule has 27 heavy (non-hydrogen) atoms. The molecule has 2 aromatic rings. The first-order valence-corrected chi connectivity index (χ1v) is 9.76. The zero-order valence-corrected chi connectivity index (χ0v) is 18.2. The number of nitriles is 1. The maximum atomic E-state index is 9.13. The number of nitrogens with zero attached hydrogens (tertiary/aromatic N) is 1. The number of rotatable bonds is 7. The third-order valence-electron chi connectivity index (χ3n) is 3.42. The number of nitrogens with two attached hydrogens (primary N) is 1. The van der Waals surface area contributed by atoms with Crippen molar-refractivity contribution < 1.29 is 9.47 Å². The van der Waals surface area contributed by atoms with E-state index in [1.54, 1.807) is 36.4 Å². The standard InChI is InChI=1S/C19H15BrCl2N2O2S/c1-2-25-17-7-11(5-13(9-23)19(24)27)6-15(20)18(17)26-10-12-3-4-14(21)8-16(12)22/h3-8H,2,10H2,1H3,(H2,24,27). The van der Waals surface area contributed by atoms with Gasteiger partial charge in [-0.3, -0.25) is 0 Å². The van der Waals surface area contributed by atoms with E-state index in [2.05, 4.69) is 15.9 Å². The smallest absolute Gasteiger partial charge is 0.175 e. The molecule has 0 saturated heterocycles. The van der Waals surface area contributed by atoms with Gasteiger partial charge in [0, 0.05) is 15.6 Å². The van der Waals surface area contributed by atoms with Crippen LogP contribution in [0.5, 0.6) is 11.5 Å². The normalized spacial score (nSPS) is 11.0. The van der Waals surface area contributed by atoms with Crippen LogP contribution in [0.1, 0.15) is 18.1 Å². The highest BCUT2D eigenvalue weighted by Crippen LogP contribution is 2.38. The molecule has 0 aromatic heterocycles. The van der Waals surface area contributed by atoms with Gasteiger partial charge >= 0.3 is 0 Å². The van der Waals surface area contributed by atoms with E-state index in [-0.39, 0.29) is 17.2 Å². The van der Waals surface area contributed by atoms with Crippen molar-refractivity contribution in [2.45, 2.75) is 13.5 Å². The average Bonchev–Trinajstić information content (AvgIpc) is 2.60. The SMILES string of the molecule is CCOc1cc(C=C(C#N)C(N)=S)cc(Br)c1OCc1ccc(Cl)cc1Cl. The van der Waals surface area contributed by atoms with Crippen molar-refractivity contribution in [2.24, 2.45) is 5.73 Å². The lowest BCUT2D eigenvalue weighted by Crippen LogP contribution is -2.09. The maximum absolute atomic E-state index is 9.13. The summed E-state index contributed by atoms with van der Waals surface area (Å²) in [6.07, 6.45) is 1.59. The number of thiocarbonyl (C=S) groups is 1.